The minimum absolute atomic E-state index is 0.0264. The summed E-state index contributed by atoms with van der Waals surface area (Å²) in [6.45, 7) is 3.57. The van der Waals surface area contributed by atoms with Gasteiger partial charge in [-0.3, -0.25) is 4.79 Å². The Balaban J connectivity index is 1.49. The number of carbonyl (C=O) groups is 1. The van der Waals surface area contributed by atoms with Crippen LogP contribution in [-0.4, -0.2) is 35.6 Å². The highest BCUT2D eigenvalue weighted by atomic mass is 32.2. The minimum Gasteiger partial charge on any atom is -0.485 e. The Hall–Kier alpha value is -3.76. The van der Waals surface area contributed by atoms with Crippen molar-refractivity contribution in [1.29, 1.82) is 0 Å². The SMILES string of the molecule is Cc1cc(C(=O)COc2ccc(-c3nnco3)cc2)c(C)n1-c1ccc(S(N)(=O)=O)cc1. The van der Waals surface area contributed by atoms with E-state index in [4.69, 9.17) is 14.3 Å². The van der Waals surface area contributed by atoms with Crippen LogP contribution in [0.1, 0.15) is 21.7 Å². The fourth-order valence-electron chi connectivity index (χ4n) is 3.45. The molecular formula is C22H20N4O5S. The van der Waals surface area contributed by atoms with Crippen LogP contribution in [-0.2, 0) is 10.0 Å². The van der Waals surface area contributed by atoms with E-state index in [2.05, 4.69) is 10.2 Å². The summed E-state index contributed by atoms with van der Waals surface area (Å²) in [5.41, 5.74) is 3.56. The maximum absolute atomic E-state index is 12.8. The molecule has 4 aromatic rings. The van der Waals surface area contributed by atoms with Gasteiger partial charge in [0.2, 0.25) is 28.1 Å². The van der Waals surface area contributed by atoms with Crippen molar-refractivity contribution in [2.45, 2.75) is 18.7 Å². The van der Waals surface area contributed by atoms with Gasteiger partial charge in [-0.1, -0.05) is 0 Å². The van der Waals surface area contributed by atoms with Gasteiger partial charge in [0, 0.05) is 28.2 Å². The molecule has 2 heterocycles. The summed E-state index contributed by atoms with van der Waals surface area (Å²) >= 11 is 0. The number of ether oxygens (including phenoxy) is 1. The first-order chi connectivity index (χ1) is 15.2. The molecule has 2 aromatic heterocycles. The number of Topliss-reactive ketones (excluding diaryl/α,β-unsaturated/α-hetero) is 1. The number of benzene rings is 2. The quantitative estimate of drug-likeness (QED) is 0.426. The zero-order valence-electron chi connectivity index (χ0n) is 17.3. The second kappa shape index (κ2) is 8.40. The number of hydrogen-bond acceptors (Lipinski definition) is 7. The second-order valence-corrected chi connectivity index (χ2v) is 8.70. The van der Waals surface area contributed by atoms with Crippen molar-refractivity contribution in [3.05, 3.63) is 77.9 Å². The van der Waals surface area contributed by atoms with Crippen LogP contribution in [0.3, 0.4) is 0 Å². The monoisotopic (exact) mass is 452 g/mol. The Labute approximate surface area is 184 Å². The maximum atomic E-state index is 12.8. The lowest BCUT2D eigenvalue weighted by molar-refractivity contribution is 0.0921. The van der Waals surface area contributed by atoms with Gasteiger partial charge in [0.15, 0.2) is 6.61 Å². The molecule has 0 radical (unpaired) electrons. The first kappa shape index (κ1) is 21.5. The van der Waals surface area contributed by atoms with E-state index in [0.29, 0.717) is 17.2 Å². The molecule has 2 aromatic carbocycles. The van der Waals surface area contributed by atoms with E-state index in [1.165, 1.54) is 18.5 Å². The molecule has 0 atom stereocenters. The molecule has 0 amide bonds. The molecule has 0 aliphatic rings. The van der Waals surface area contributed by atoms with E-state index in [9.17, 15) is 13.2 Å². The fraction of sp³-hybridized carbons (Fsp3) is 0.136. The van der Waals surface area contributed by atoms with Crippen molar-refractivity contribution in [2.75, 3.05) is 6.61 Å². The van der Waals surface area contributed by atoms with E-state index in [-0.39, 0.29) is 17.3 Å². The standard InChI is InChI=1S/C22H20N4O5S/c1-14-11-20(15(2)26(14)17-5-9-19(10-6-17)32(23,28)29)21(27)12-30-18-7-3-16(4-8-18)22-25-24-13-31-22/h3-11,13H,12H2,1-2H3,(H2,23,28,29). The normalized spacial score (nSPS) is 11.5. The van der Waals surface area contributed by atoms with Crippen LogP contribution >= 0.6 is 0 Å². The number of aryl methyl sites for hydroxylation is 1. The molecule has 2 N–H and O–H groups in total. The van der Waals surface area contributed by atoms with Crippen LogP contribution < -0.4 is 9.88 Å². The van der Waals surface area contributed by atoms with Gasteiger partial charge in [0.1, 0.15) is 5.75 Å². The highest BCUT2D eigenvalue weighted by molar-refractivity contribution is 7.89. The Morgan fingerprint density at radius 2 is 1.78 bits per heavy atom. The van der Waals surface area contributed by atoms with Gasteiger partial charge in [0.25, 0.3) is 0 Å². The van der Waals surface area contributed by atoms with Crippen LogP contribution in [0.4, 0.5) is 0 Å². The van der Waals surface area contributed by atoms with Crippen molar-refractivity contribution in [2.24, 2.45) is 5.14 Å². The van der Waals surface area contributed by atoms with Crippen LogP contribution in [0, 0.1) is 13.8 Å². The molecule has 0 aliphatic carbocycles. The molecule has 4 rings (SSSR count). The minimum atomic E-state index is -3.77. The molecule has 10 heteroatoms. The van der Waals surface area contributed by atoms with Crippen LogP contribution in [0.25, 0.3) is 17.1 Å². The van der Waals surface area contributed by atoms with Crippen molar-refractivity contribution < 1.29 is 22.4 Å². The van der Waals surface area contributed by atoms with Crippen molar-refractivity contribution in [3.63, 3.8) is 0 Å². The van der Waals surface area contributed by atoms with Gasteiger partial charge >= 0.3 is 0 Å². The summed E-state index contributed by atoms with van der Waals surface area (Å²) in [5, 5.41) is 12.6. The molecule has 0 saturated carbocycles. The number of primary sulfonamides is 1. The van der Waals surface area contributed by atoms with E-state index in [0.717, 1.165) is 22.6 Å². The van der Waals surface area contributed by atoms with Gasteiger partial charge in [-0.15, -0.1) is 10.2 Å². The Bertz CT molecular complexity index is 1360. The molecule has 32 heavy (non-hydrogen) atoms. The Kier molecular flexibility index (Phi) is 5.64. The van der Waals surface area contributed by atoms with Crippen molar-refractivity contribution in [3.8, 4) is 22.9 Å². The molecule has 0 fully saturated rings. The molecule has 164 valence electrons. The van der Waals surface area contributed by atoms with E-state index in [1.54, 1.807) is 42.5 Å². The van der Waals surface area contributed by atoms with Crippen molar-refractivity contribution >= 4 is 15.8 Å². The number of aromatic nitrogens is 3. The van der Waals surface area contributed by atoms with Gasteiger partial charge in [-0.25, -0.2) is 13.6 Å². The molecule has 0 bridgehead atoms. The van der Waals surface area contributed by atoms with E-state index >= 15 is 0 Å². The van der Waals surface area contributed by atoms with Crippen LogP contribution in [0.15, 0.2) is 70.3 Å². The predicted molar refractivity (Wildman–Crippen MR) is 116 cm³/mol. The van der Waals surface area contributed by atoms with Gasteiger partial charge < -0.3 is 13.7 Å². The molecule has 0 unspecified atom stereocenters. The predicted octanol–water partition coefficient (Wildman–Crippen LogP) is 3.05. The number of hydrogen-bond donors (Lipinski definition) is 1. The summed E-state index contributed by atoms with van der Waals surface area (Å²) in [7, 11) is -3.77. The number of nitrogens with zero attached hydrogens (tertiary/aromatic N) is 3. The number of ketones is 1. The highest BCUT2D eigenvalue weighted by Crippen LogP contribution is 2.24. The summed E-state index contributed by atoms with van der Waals surface area (Å²) < 4.78 is 35.6. The Morgan fingerprint density at radius 1 is 1.09 bits per heavy atom. The smallest absolute Gasteiger partial charge is 0.247 e. The third kappa shape index (κ3) is 4.32. The van der Waals surface area contributed by atoms with Crippen molar-refractivity contribution in [1.82, 2.24) is 14.8 Å². The first-order valence-electron chi connectivity index (χ1n) is 9.59. The van der Waals surface area contributed by atoms with Gasteiger partial charge in [-0.05, 0) is 68.4 Å². The lowest BCUT2D eigenvalue weighted by atomic mass is 10.1. The summed E-state index contributed by atoms with van der Waals surface area (Å²) in [6.07, 6.45) is 1.25. The molecule has 0 aliphatic heterocycles. The van der Waals surface area contributed by atoms with Gasteiger partial charge in [0.05, 0.1) is 4.90 Å². The Morgan fingerprint density at radius 3 is 2.38 bits per heavy atom. The lowest BCUT2D eigenvalue weighted by Gasteiger charge is -2.11. The third-order valence-electron chi connectivity index (χ3n) is 4.99. The highest BCUT2D eigenvalue weighted by Gasteiger charge is 2.18. The third-order valence-corrected chi connectivity index (χ3v) is 5.92. The van der Waals surface area contributed by atoms with Crippen LogP contribution in [0.2, 0.25) is 0 Å². The molecule has 9 nitrogen and oxygen atoms in total. The van der Waals surface area contributed by atoms with E-state index in [1.807, 2.05) is 18.4 Å². The average molecular weight is 452 g/mol. The number of nitrogens with two attached hydrogens (primary N) is 1. The fourth-order valence-corrected chi connectivity index (χ4v) is 3.96. The second-order valence-electron chi connectivity index (χ2n) is 7.14. The largest absolute Gasteiger partial charge is 0.485 e. The average Bonchev–Trinajstić information content (AvgIpc) is 3.40. The topological polar surface area (TPSA) is 130 Å². The maximum Gasteiger partial charge on any atom is 0.247 e. The summed E-state index contributed by atoms with van der Waals surface area (Å²) in [4.78, 5) is 12.8. The van der Waals surface area contributed by atoms with E-state index < -0.39 is 10.0 Å². The van der Waals surface area contributed by atoms with Crippen LogP contribution in [0.5, 0.6) is 5.75 Å². The lowest BCUT2D eigenvalue weighted by Crippen LogP contribution is -2.13. The zero-order chi connectivity index (χ0) is 22.9. The molecule has 0 spiro atoms. The number of carbonyl (C=O) groups excluding carboxylic acids is 1. The molecular weight excluding hydrogens is 432 g/mol. The van der Waals surface area contributed by atoms with Gasteiger partial charge in [-0.2, -0.15) is 0 Å². The summed E-state index contributed by atoms with van der Waals surface area (Å²) in [6, 6.07) is 14.9. The number of sulfonamides is 1. The first-order valence-corrected chi connectivity index (χ1v) is 11.1. The molecule has 0 saturated heterocycles. The zero-order valence-corrected chi connectivity index (χ0v) is 18.2. The number of rotatable bonds is 7. The summed E-state index contributed by atoms with van der Waals surface area (Å²) in [5.74, 6) is 0.762.